The molecule has 0 saturated heterocycles. The van der Waals surface area contributed by atoms with Gasteiger partial charge < -0.3 is 8.98 Å². The van der Waals surface area contributed by atoms with Crippen LogP contribution < -0.4 is 0 Å². The van der Waals surface area contributed by atoms with Crippen molar-refractivity contribution in [2.45, 2.75) is 0 Å². The topological polar surface area (TPSA) is 56.7 Å². The lowest BCUT2D eigenvalue weighted by Gasteiger charge is -2.13. The van der Waals surface area contributed by atoms with Crippen molar-refractivity contribution in [2.24, 2.45) is 0 Å². The van der Waals surface area contributed by atoms with Crippen LogP contribution in [-0.2, 0) is 0 Å². The lowest BCUT2D eigenvalue weighted by atomic mass is 9.97. The first-order valence-electron chi connectivity index (χ1n) is 23.2. The molecule has 0 aliphatic heterocycles. The summed E-state index contributed by atoms with van der Waals surface area (Å²) >= 11 is 1.57. The number of hydrogen-bond donors (Lipinski definition) is 0. The van der Waals surface area contributed by atoms with E-state index in [9.17, 15) is 0 Å². The molecule has 6 heteroatoms. The molecular formula is C57H34N4OS. The quantitative estimate of drug-likeness (QED) is 0.168. The minimum absolute atomic E-state index is 0.181. The molecule has 0 atom stereocenters. The van der Waals surface area contributed by atoms with Crippen LogP contribution in [0.1, 0.15) is 6.85 Å². The summed E-state index contributed by atoms with van der Waals surface area (Å²) in [7, 11) is 0. The number of hydrogen-bond acceptors (Lipinski definition) is 5. The highest BCUT2D eigenvalue weighted by molar-refractivity contribution is 7.26. The van der Waals surface area contributed by atoms with Gasteiger partial charge in [0.1, 0.15) is 11.2 Å². The first-order chi connectivity index (χ1) is 33.3. The van der Waals surface area contributed by atoms with E-state index in [4.69, 9.17) is 26.2 Å². The summed E-state index contributed by atoms with van der Waals surface area (Å²) in [6.07, 6.45) is 0. The highest BCUT2D eigenvalue weighted by Gasteiger charge is 2.22. The van der Waals surface area contributed by atoms with Crippen molar-refractivity contribution in [2.75, 3.05) is 0 Å². The predicted octanol–water partition coefficient (Wildman–Crippen LogP) is 15.6. The molecule has 0 N–H and O–H groups in total. The number of rotatable bonds is 6. The van der Waals surface area contributed by atoms with Gasteiger partial charge in [-0.05, 0) is 59.2 Å². The molecule has 0 spiro atoms. The Labute approximate surface area is 372 Å². The standard InChI is InChI=1S/C57H34N4OS/c1-4-16-35(17-5-1)40-24-14-25-43-46-34-39(61-48-27-12-10-22-41(48)42-23-11-13-28-49(42)61)33-45(54(46)63-53(40)43)38-30-31-50-47(32-38)52-44(26-15-29-51(52)62-50)57-59-55(36-18-6-2-7-19-36)58-56(60-57)37-20-8-3-9-21-37/h1-34H/i1D,4D,5D,16D,17D. The second kappa shape index (κ2) is 14.2. The second-order valence-corrected chi connectivity index (χ2v) is 16.6. The van der Waals surface area contributed by atoms with Gasteiger partial charge in [-0.2, -0.15) is 0 Å². The van der Waals surface area contributed by atoms with E-state index in [0.717, 1.165) is 86.3 Å². The van der Waals surface area contributed by atoms with Gasteiger partial charge in [0.25, 0.3) is 0 Å². The molecule has 0 unspecified atom stereocenters. The monoisotopic (exact) mass is 827 g/mol. The Kier molecular flexibility index (Phi) is 6.94. The van der Waals surface area contributed by atoms with Crippen molar-refractivity contribution in [3.05, 3.63) is 206 Å². The average Bonchev–Trinajstić information content (AvgIpc) is 4.07. The summed E-state index contributed by atoms with van der Waals surface area (Å²) in [6.45, 7) is 0. The summed E-state index contributed by atoms with van der Waals surface area (Å²) in [5.74, 6) is 1.66. The van der Waals surface area contributed by atoms with Gasteiger partial charge in [0, 0.05) is 69.7 Å². The van der Waals surface area contributed by atoms with Crippen LogP contribution in [0.5, 0.6) is 0 Å². The van der Waals surface area contributed by atoms with Gasteiger partial charge in [-0.1, -0.05) is 164 Å². The van der Waals surface area contributed by atoms with Crippen molar-refractivity contribution in [3.63, 3.8) is 0 Å². The van der Waals surface area contributed by atoms with Crippen molar-refractivity contribution in [3.8, 4) is 62.1 Å². The maximum atomic E-state index is 8.97. The molecule has 13 aromatic rings. The van der Waals surface area contributed by atoms with E-state index in [0.29, 0.717) is 34.2 Å². The van der Waals surface area contributed by atoms with E-state index in [1.807, 2.05) is 97.1 Å². The van der Waals surface area contributed by atoms with E-state index >= 15 is 0 Å². The van der Waals surface area contributed by atoms with E-state index in [1.54, 1.807) is 11.3 Å². The lowest BCUT2D eigenvalue weighted by Crippen LogP contribution is -2.00. The van der Waals surface area contributed by atoms with Crippen LogP contribution in [0.4, 0.5) is 0 Å². The summed E-state index contributed by atoms with van der Waals surface area (Å²) in [4.78, 5) is 15.2. The average molecular weight is 828 g/mol. The fourth-order valence-electron chi connectivity index (χ4n) is 9.12. The zero-order valence-corrected chi connectivity index (χ0v) is 34.2. The minimum Gasteiger partial charge on any atom is -0.456 e. The highest BCUT2D eigenvalue weighted by Crippen LogP contribution is 2.47. The van der Waals surface area contributed by atoms with Crippen LogP contribution in [0.15, 0.2) is 211 Å². The number of thiophene rings is 1. The van der Waals surface area contributed by atoms with Crippen molar-refractivity contribution < 1.29 is 11.3 Å². The van der Waals surface area contributed by atoms with Crippen molar-refractivity contribution in [1.82, 2.24) is 19.5 Å². The first kappa shape index (κ1) is 30.8. The van der Waals surface area contributed by atoms with Crippen LogP contribution in [0, 0.1) is 0 Å². The van der Waals surface area contributed by atoms with E-state index in [1.165, 1.54) is 0 Å². The van der Waals surface area contributed by atoms with E-state index in [-0.39, 0.29) is 29.7 Å². The molecular weight excluding hydrogens is 789 g/mol. The number of fused-ring (bicyclic) bond motifs is 9. The van der Waals surface area contributed by atoms with Gasteiger partial charge in [0.2, 0.25) is 0 Å². The molecule has 4 heterocycles. The Morgan fingerprint density at radius 1 is 0.413 bits per heavy atom. The Bertz CT molecular complexity index is 4080. The molecule has 0 aliphatic carbocycles. The highest BCUT2D eigenvalue weighted by atomic mass is 32.1. The third kappa shape index (κ3) is 5.73. The van der Waals surface area contributed by atoms with Crippen LogP contribution in [-0.4, -0.2) is 19.5 Å². The SMILES string of the molecule is [2H]c1c([2H])c([2H])c(-c2cccc3c2sc2c(-c4ccc5oc6cccc(-c7nc(-c8ccccc8)nc(-c8ccccc8)n7)c6c5c4)cc(-n4c5ccccc5c5ccccc54)cc23)c([2H])c1[2H]. The number of benzene rings is 9. The minimum atomic E-state index is -0.417. The fourth-order valence-corrected chi connectivity index (χ4v) is 10.5. The Balaban J connectivity index is 1.09. The van der Waals surface area contributed by atoms with Crippen molar-refractivity contribution in [1.29, 1.82) is 0 Å². The maximum Gasteiger partial charge on any atom is 0.164 e. The summed E-state index contributed by atoms with van der Waals surface area (Å²) in [5, 5.41) is 5.97. The second-order valence-electron chi connectivity index (χ2n) is 15.6. The summed E-state index contributed by atoms with van der Waals surface area (Å²) < 4.78 is 54.1. The molecule has 13 rings (SSSR count). The fraction of sp³-hybridized carbons (Fsp3) is 0. The normalized spacial score (nSPS) is 12.9. The zero-order chi connectivity index (χ0) is 45.8. The molecule has 63 heavy (non-hydrogen) atoms. The summed E-state index contributed by atoms with van der Waals surface area (Å²) in [6, 6.07) is 57.8. The molecule has 0 fully saturated rings. The number of furan rings is 1. The van der Waals surface area contributed by atoms with E-state index < -0.39 is 6.04 Å². The summed E-state index contributed by atoms with van der Waals surface area (Å²) in [5.41, 5.74) is 9.78. The molecule has 0 radical (unpaired) electrons. The maximum absolute atomic E-state index is 8.97. The van der Waals surface area contributed by atoms with Gasteiger partial charge in [-0.25, -0.2) is 15.0 Å². The third-order valence-corrected chi connectivity index (χ3v) is 13.2. The van der Waals surface area contributed by atoms with Crippen LogP contribution in [0.2, 0.25) is 0 Å². The molecule has 0 amide bonds. The van der Waals surface area contributed by atoms with Gasteiger partial charge >= 0.3 is 0 Å². The van der Waals surface area contributed by atoms with Crippen LogP contribution >= 0.6 is 11.3 Å². The number of aromatic nitrogens is 4. The smallest absolute Gasteiger partial charge is 0.164 e. The predicted molar refractivity (Wildman–Crippen MR) is 262 cm³/mol. The lowest BCUT2D eigenvalue weighted by molar-refractivity contribution is 0.669. The van der Waals surface area contributed by atoms with E-state index in [2.05, 4.69) is 83.4 Å². The van der Waals surface area contributed by atoms with Crippen LogP contribution in [0.3, 0.4) is 0 Å². The van der Waals surface area contributed by atoms with Gasteiger partial charge in [0.05, 0.1) is 17.9 Å². The number of para-hydroxylation sites is 2. The third-order valence-electron chi connectivity index (χ3n) is 11.9. The van der Waals surface area contributed by atoms with Gasteiger partial charge in [-0.3, -0.25) is 0 Å². The molecule has 0 aliphatic rings. The molecule has 4 aromatic heterocycles. The number of nitrogens with zero attached hydrogens (tertiary/aromatic N) is 4. The van der Waals surface area contributed by atoms with Gasteiger partial charge in [0.15, 0.2) is 17.5 Å². The Morgan fingerprint density at radius 3 is 1.73 bits per heavy atom. The molecule has 0 bridgehead atoms. The van der Waals surface area contributed by atoms with Gasteiger partial charge in [-0.15, -0.1) is 11.3 Å². The molecule has 5 nitrogen and oxygen atoms in total. The van der Waals surface area contributed by atoms with Crippen LogP contribution in [0.25, 0.3) is 126 Å². The Hall–Kier alpha value is -8.19. The molecule has 0 saturated carbocycles. The largest absolute Gasteiger partial charge is 0.456 e. The molecule has 9 aromatic carbocycles. The van der Waals surface area contributed by atoms with Crippen molar-refractivity contribution >= 4 is 75.3 Å². The zero-order valence-electron chi connectivity index (χ0n) is 38.3. The molecule has 294 valence electrons. The Morgan fingerprint density at radius 2 is 1.02 bits per heavy atom. The first-order valence-corrected chi connectivity index (χ1v) is 21.5.